The Morgan fingerprint density at radius 2 is 2.19 bits per heavy atom. The van der Waals surface area contributed by atoms with Crippen molar-refractivity contribution in [3.63, 3.8) is 0 Å². The molecule has 3 rings (SSSR count). The first kappa shape index (κ1) is 13.7. The van der Waals surface area contributed by atoms with Crippen molar-refractivity contribution in [2.24, 2.45) is 0 Å². The van der Waals surface area contributed by atoms with Gasteiger partial charge >= 0.3 is 5.97 Å². The first-order valence-electron chi connectivity index (χ1n) is 6.55. The highest BCUT2D eigenvalue weighted by Gasteiger charge is 2.28. The molecule has 0 radical (unpaired) electrons. The molecule has 0 fully saturated rings. The molecule has 1 aromatic carbocycles. The maximum atomic E-state index is 12.6. The highest BCUT2D eigenvalue weighted by Crippen LogP contribution is 2.31. The Bertz CT molecular complexity index is 726. The van der Waals surface area contributed by atoms with Gasteiger partial charge in [-0.05, 0) is 49.0 Å². The summed E-state index contributed by atoms with van der Waals surface area (Å²) in [6.45, 7) is 2.32. The average molecular weight is 303 g/mol. The predicted octanol–water partition coefficient (Wildman–Crippen LogP) is 2.14. The lowest BCUT2D eigenvalue weighted by Gasteiger charge is -2.30. The van der Waals surface area contributed by atoms with E-state index in [9.17, 15) is 14.7 Å². The lowest BCUT2D eigenvalue weighted by atomic mass is 9.96. The highest BCUT2D eigenvalue weighted by molar-refractivity contribution is 7.08. The largest absolute Gasteiger partial charge is 0.478 e. The van der Waals surface area contributed by atoms with Crippen LogP contribution < -0.4 is 4.90 Å². The molecular weight excluding hydrogens is 290 g/mol. The number of carbonyl (C=O) groups is 2. The van der Waals surface area contributed by atoms with E-state index in [1.165, 1.54) is 0 Å². The Kier molecular flexibility index (Phi) is 3.42. The number of carbonyl (C=O) groups excluding carboxylic acids is 1. The second kappa shape index (κ2) is 5.25. The molecule has 21 heavy (non-hydrogen) atoms. The number of hydrogen-bond donors (Lipinski definition) is 1. The third-order valence-electron chi connectivity index (χ3n) is 3.57. The van der Waals surface area contributed by atoms with Gasteiger partial charge in [0.05, 0.1) is 11.3 Å². The zero-order valence-electron chi connectivity index (χ0n) is 11.4. The number of carboxylic acids is 1. The third-order valence-corrected chi connectivity index (χ3v) is 4.39. The summed E-state index contributed by atoms with van der Waals surface area (Å²) < 4.78 is 3.79. The van der Waals surface area contributed by atoms with Crippen LogP contribution in [0.15, 0.2) is 18.2 Å². The molecule has 1 aliphatic rings. The minimum Gasteiger partial charge on any atom is -0.478 e. The zero-order valence-corrected chi connectivity index (χ0v) is 12.2. The number of aryl methyl sites for hydroxylation is 1. The van der Waals surface area contributed by atoms with Crippen LogP contribution in [-0.2, 0) is 6.42 Å². The van der Waals surface area contributed by atoms with Gasteiger partial charge in [0.1, 0.15) is 4.88 Å². The molecule has 1 aromatic heterocycles. The molecule has 2 aromatic rings. The summed E-state index contributed by atoms with van der Waals surface area (Å²) >= 11 is 1.07. The Balaban J connectivity index is 2.05. The molecule has 0 atom stereocenters. The van der Waals surface area contributed by atoms with Crippen molar-refractivity contribution in [2.75, 3.05) is 11.4 Å². The summed E-state index contributed by atoms with van der Waals surface area (Å²) in [7, 11) is 0. The Morgan fingerprint density at radius 3 is 2.86 bits per heavy atom. The molecule has 0 saturated heterocycles. The van der Waals surface area contributed by atoms with Gasteiger partial charge in [-0.2, -0.15) is 0 Å². The molecule has 6 nitrogen and oxygen atoms in total. The second-order valence-electron chi connectivity index (χ2n) is 4.86. The second-order valence-corrected chi connectivity index (χ2v) is 5.61. The summed E-state index contributed by atoms with van der Waals surface area (Å²) in [6.07, 6.45) is 1.41. The van der Waals surface area contributed by atoms with Gasteiger partial charge < -0.3 is 10.0 Å². The van der Waals surface area contributed by atoms with E-state index in [1.54, 1.807) is 30.0 Å². The summed E-state index contributed by atoms with van der Waals surface area (Å²) in [5, 5.41) is 13.1. The molecule has 7 heteroatoms. The maximum Gasteiger partial charge on any atom is 0.336 e. The van der Waals surface area contributed by atoms with Crippen molar-refractivity contribution in [2.45, 2.75) is 19.8 Å². The number of anilines is 1. The standard InChI is InChI=1S/C14H13N3O3S/c1-8-12(21-16-15-8)13(18)17-7-3-5-9-10(14(19)20)4-2-6-11(9)17/h2,4,6H,3,5,7H2,1H3,(H,19,20). The fourth-order valence-electron chi connectivity index (χ4n) is 2.59. The number of hydrogen-bond acceptors (Lipinski definition) is 5. The van der Waals surface area contributed by atoms with Crippen molar-refractivity contribution in [3.05, 3.63) is 39.9 Å². The van der Waals surface area contributed by atoms with Crippen molar-refractivity contribution >= 4 is 29.1 Å². The molecule has 1 N–H and O–H groups in total. The lowest BCUT2D eigenvalue weighted by Crippen LogP contribution is -2.36. The van der Waals surface area contributed by atoms with Crippen LogP contribution in [0, 0.1) is 6.92 Å². The smallest absolute Gasteiger partial charge is 0.336 e. The Hall–Kier alpha value is -2.28. The SMILES string of the molecule is Cc1nnsc1C(=O)N1CCCc2c(C(=O)O)cccc21. The number of carboxylic acid groups (broad SMARTS) is 1. The van der Waals surface area contributed by atoms with Gasteiger partial charge in [0.2, 0.25) is 0 Å². The Labute approximate surface area is 125 Å². The number of amides is 1. The first-order valence-corrected chi connectivity index (χ1v) is 7.33. The molecule has 1 amide bonds. The molecule has 0 unspecified atom stereocenters. The highest BCUT2D eigenvalue weighted by atomic mass is 32.1. The van der Waals surface area contributed by atoms with E-state index in [-0.39, 0.29) is 11.5 Å². The molecular formula is C14H13N3O3S. The van der Waals surface area contributed by atoms with Crippen LogP contribution in [0.25, 0.3) is 0 Å². The average Bonchev–Trinajstić information content (AvgIpc) is 2.91. The van der Waals surface area contributed by atoms with Crippen LogP contribution in [0.3, 0.4) is 0 Å². The van der Waals surface area contributed by atoms with Crippen molar-refractivity contribution in [1.29, 1.82) is 0 Å². The van der Waals surface area contributed by atoms with Crippen LogP contribution in [0.2, 0.25) is 0 Å². The van der Waals surface area contributed by atoms with E-state index >= 15 is 0 Å². The van der Waals surface area contributed by atoms with Crippen LogP contribution >= 0.6 is 11.5 Å². The fraction of sp³-hybridized carbons (Fsp3) is 0.286. The van der Waals surface area contributed by atoms with Crippen LogP contribution in [0.1, 0.15) is 37.7 Å². The van der Waals surface area contributed by atoms with E-state index < -0.39 is 5.97 Å². The molecule has 0 spiro atoms. The third kappa shape index (κ3) is 2.29. The number of nitrogens with zero attached hydrogens (tertiary/aromatic N) is 3. The van der Waals surface area contributed by atoms with Gasteiger partial charge in [0, 0.05) is 12.2 Å². The number of benzene rings is 1. The van der Waals surface area contributed by atoms with Gasteiger partial charge in [0.15, 0.2) is 0 Å². The minimum atomic E-state index is -0.961. The summed E-state index contributed by atoms with van der Waals surface area (Å²) in [6, 6.07) is 5.04. The molecule has 108 valence electrons. The van der Waals surface area contributed by atoms with Crippen LogP contribution in [-0.4, -0.2) is 33.1 Å². The van der Waals surface area contributed by atoms with Gasteiger partial charge in [-0.25, -0.2) is 4.79 Å². The number of aromatic nitrogens is 2. The summed E-state index contributed by atoms with van der Waals surface area (Å²) in [5.41, 5.74) is 2.27. The van der Waals surface area contributed by atoms with Gasteiger partial charge in [-0.3, -0.25) is 4.79 Å². The molecule has 0 saturated carbocycles. The van der Waals surface area contributed by atoms with Gasteiger partial charge in [-0.15, -0.1) is 5.10 Å². The fourth-order valence-corrected chi connectivity index (χ4v) is 3.19. The lowest BCUT2D eigenvalue weighted by molar-refractivity contribution is 0.0695. The predicted molar refractivity (Wildman–Crippen MR) is 78.0 cm³/mol. The monoisotopic (exact) mass is 303 g/mol. The van der Waals surface area contributed by atoms with Crippen LogP contribution in [0.4, 0.5) is 5.69 Å². The Morgan fingerprint density at radius 1 is 1.38 bits per heavy atom. The molecule has 1 aliphatic heterocycles. The van der Waals surface area contributed by atoms with E-state index in [1.807, 2.05) is 0 Å². The van der Waals surface area contributed by atoms with Crippen LogP contribution in [0.5, 0.6) is 0 Å². The zero-order chi connectivity index (χ0) is 15.0. The maximum absolute atomic E-state index is 12.6. The molecule has 0 aliphatic carbocycles. The van der Waals surface area contributed by atoms with Gasteiger partial charge in [0.25, 0.3) is 5.91 Å². The summed E-state index contributed by atoms with van der Waals surface area (Å²) in [4.78, 5) is 26.1. The topological polar surface area (TPSA) is 83.4 Å². The summed E-state index contributed by atoms with van der Waals surface area (Å²) in [5.74, 6) is -1.12. The van der Waals surface area contributed by atoms with Crippen molar-refractivity contribution < 1.29 is 14.7 Å². The van der Waals surface area contributed by atoms with Crippen molar-refractivity contribution in [3.8, 4) is 0 Å². The quantitative estimate of drug-likeness (QED) is 0.919. The normalized spacial score (nSPS) is 13.9. The number of aromatic carboxylic acids is 1. The molecule has 0 bridgehead atoms. The van der Waals surface area contributed by atoms with E-state index in [2.05, 4.69) is 9.59 Å². The minimum absolute atomic E-state index is 0.161. The number of fused-ring (bicyclic) bond motifs is 1. The first-order chi connectivity index (χ1) is 10.1. The van der Waals surface area contributed by atoms with Gasteiger partial charge in [-0.1, -0.05) is 10.6 Å². The van der Waals surface area contributed by atoms with E-state index in [0.29, 0.717) is 29.2 Å². The van der Waals surface area contributed by atoms with E-state index in [0.717, 1.165) is 23.5 Å². The van der Waals surface area contributed by atoms with E-state index in [4.69, 9.17) is 0 Å². The number of rotatable bonds is 2. The van der Waals surface area contributed by atoms with Crippen molar-refractivity contribution in [1.82, 2.24) is 9.59 Å². The molecule has 2 heterocycles.